The van der Waals surface area contributed by atoms with E-state index in [-0.39, 0.29) is 5.91 Å². The van der Waals surface area contributed by atoms with E-state index in [1.807, 2.05) is 0 Å². The molecule has 2 fully saturated rings. The first-order chi connectivity index (χ1) is 11.3. The normalized spacial score (nSPS) is 25.4. The van der Waals surface area contributed by atoms with Crippen molar-refractivity contribution in [3.63, 3.8) is 0 Å². The van der Waals surface area contributed by atoms with Crippen LogP contribution >= 0.6 is 0 Å². The standard InChI is InChI=1S/C20H28N2O/c23-20(18-10-9-16-6-1-2-7-17(16)14-18)22-13-5-8-19(15-22)21-11-3-4-12-21/h9-10,14,19H,1-8,11-13,15H2. The largest absolute Gasteiger partial charge is 0.337 e. The lowest BCUT2D eigenvalue weighted by Crippen LogP contribution is -2.49. The monoisotopic (exact) mass is 312 g/mol. The molecule has 0 saturated carbocycles. The summed E-state index contributed by atoms with van der Waals surface area (Å²) in [6, 6.07) is 7.03. The number of likely N-dealkylation sites (tertiary alicyclic amines) is 2. The van der Waals surface area contributed by atoms with E-state index in [1.165, 1.54) is 62.7 Å². The Kier molecular flexibility index (Phi) is 4.39. The van der Waals surface area contributed by atoms with Crippen LogP contribution in [-0.4, -0.2) is 47.9 Å². The second-order valence-corrected chi connectivity index (χ2v) is 7.48. The molecular formula is C20H28N2O. The van der Waals surface area contributed by atoms with Crippen molar-refractivity contribution in [1.29, 1.82) is 0 Å². The maximum Gasteiger partial charge on any atom is 0.253 e. The number of hydrogen-bond donors (Lipinski definition) is 0. The molecule has 1 unspecified atom stereocenters. The van der Waals surface area contributed by atoms with Gasteiger partial charge in [0.15, 0.2) is 0 Å². The van der Waals surface area contributed by atoms with Gasteiger partial charge in [-0.2, -0.15) is 0 Å². The molecule has 1 amide bonds. The quantitative estimate of drug-likeness (QED) is 0.837. The number of hydrogen-bond acceptors (Lipinski definition) is 2. The summed E-state index contributed by atoms with van der Waals surface area (Å²) in [6.07, 6.45) is 9.96. The molecule has 0 radical (unpaired) electrons. The van der Waals surface area contributed by atoms with Gasteiger partial charge in [0.2, 0.25) is 0 Å². The summed E-state index contributed by atoms with van der Waals surface area (Å²) in [5, 5.41) is 0. The molecule has 1 aliphatic carbocycles. The fourth-order valence-corrected chi connectivity index (χ4v) is 4.59. The summed E-state index contributed by atoms with van der Waals surface area (Å²) < 4.78 is 0. The third kappa shape index (κ3) is 3.16. The van der Waals surface area contributed by atoms with Crippen molar-refractivity contribution in [3.8, 4) is 0 Å². The van der Waals surface area contributed by atoms with E-state index in [0.717, 1.165) is 31.5 Å². The Labute approximate surface area is 139 Å². The molecule has 3 aliphatic rings. The van der Waals surface area contributed by atoms with Gasteiger partial charge in [0.25, 0.3) is 5.91 Å². The van der Waals surface area contributed by atoms with Gasteiger partial charge in [-0.05, 0) is 87.7 Å². The lowest BCUT2D eigenvalue weighted by atomic mass is 9.90. The lowest BCUT2D eigenvalue weighted by molar-refractivity contribution is 0.0608. The van der Waals surface area contributed by atoms with E-state index in [9.17, 15) is 4.79 Å². The molecule has 0 spiro atoms. The van der Waals surface area contributed by atoms with E-state index >= 15 is 0 Å². The summed E-state index contributed by atoms with van der Waals surface area (Å²) in [5.74, 6) is 0.252. The van der Waals surface area contributed by atoms with Crippen LogP contribution in [-0.2, 0) is 12.8 Å². The number of carbonyl (C=O) groups excluding carboxylic acids is 1. The molecule has 124 valence electrons. The number of nitrogens with zero attached hydrogens (tertiary/aromatic N) is 2. The number of fused-ring (bicyclic) bond motifs is 1. The summed E-state index contributed by atoms with van der Waals surface area (Å²) >= 11 is 0. The van der Waals surface area contributed by atoms with Crippen molar-refractivity contribution >= 4 is 5.91 Å². The zero-order chi connectivity index (χ0) is 15.6. The number of piperidine rings is 1. The lowest BCUT2D eigenvalue weighted by Gasteiger charge is -2.37. The molecule has 3 heteroatoms. The van der Waals surface area contributed by atoms with Gasteiger partial charge in [0, 0.05) is 24.7 Å². The van der Waals surface area contributed by atoms with Crippen LogP contribution in [0.2, 0.25) is 0 Å². The third-order valence-corrected chi connectivity index (χ3v) is 5.94. The van der Waals surface area contributed by atoms with Crippen LogP contribution in [0.1, 0.15) is 60.0 Å². The fraction of sp³-hybridized carbons (Fsp3) is 0.650. The van der Waals surface area contributed by atoms with Gasteiger partial charge in [0.1, 0.15) is 0 Å². The molecule has 23 heavy (non-hydrogen) atoms. The third-order valence-electron chi connectivity index (χ3n) is 5.94. The second kappa shape index (κ2) is 6.64. The van der Waals surface area contributed by atoms with Gasteiger partial charge < -0.3 is 4.90 Å². The van der Waals surface area contributed by atoms with E-state index in [2.05, 4.69) is 28.0 Å². The van der Waals surface area contributed by atoms with E-state index in [1.54, 1.807) is 0 Å². The summed E-state index contributed by atoms with van der Waals surface area (Å²) in [7, 11) is 0. The van der Waals surface area contributed by atoms with Crippen molar-refractivity contribution in [2.45, 2.75) is 57.4 Å². The highest BCUT2D eigenvalue weighted by Gasteiger charge is 2.29. The van der Waals surface area contributed by atoms with Gasteiger partial charge in [-0.1, -0.05) is 6.07 Å². The Hall–Kier alpha value is -1.35. The molecular weight excluding hydrogens is 284 g/mol. The van der Waals surface area contributed by atoms with Crippen LogP contribution in [0.3, 0.4) is 0 Å². The molecule has 1 aromatic carbocycles. The van der Waals surface area contributed by atoms with Crippen LogP contribution in [0, 0.1) is 0 Å². The van der Waals surface area contributed by atoms with E-state index < -0.39 is 0 Å². The predicted octanol–water partition coefficient (Wildman–Crippen LogP) is 3.27. The number of benzene rings is 1. The summed E-state index contributed by atoms with van der Waals surface area (Å²) in [5.41, 5.74) is 3.78. The van der Waals surface area contributed by atoms with Gasteiger partial charge in [-0.25, -0.2) is 0 Å². The minimum atomic E-state index is 0.252. The van der Waals surface area contributed by atoms with Crippen LogP contribution in [0.25, 0.3) is 0 Å². The van der Waals surface area contributed by atoms with Crippen molar-refractivity contribution < 1.29 is 4.79 Å². The predicted molar refractivity (Wildman–Crippen MR) is 92.8 cm³/mol. The van der Waals surface area contributed by atoms with Gasteiger partial charge in [-0.15, -0.1) is 0 Å². The molecule has 3 nitrogen and oxygen atoms in total. The number of amides is 1. The highest BCUT2D eigenvalue weighted by atomic mass is 16.2. The molecule has 2 aliphatic heterocycles. The second-order valence-electron chi connectivity index (χ2n) is 7.48. The smallest absolute Gasteiger partial charge is 0.253 e. The number of aryl methyl sites for hydroxylation is 2. The maximum absolute atomic E-state index is 13.0. The number of rotatable bonds is 2. The molecule has 0 N–H and O–H groups in total. The first-order valence-electron chi connectivity index (χ1n) is 9.46. The average Bonchev–Trinajstić information content (AvgIpc) is 3.15. The van der Waals surface area contributed by atoms with Crippen molar-refractivity contribution in [3.05, 3.63) is 34.9 Å². The highest BCUT2D eigenvalue weighted by Crippen LogP contribution is 2.25. The topological polar surface area (TPSA) is 23.6 Å². The molecule has 0 aromatic heterocycles. The van der Waals surface area contributed by atoms with Crippen molar-refractivity contribution in [2.24, 2.45) is 0 Å². The Morgan fingerprint density at radius 2 is 1.70 bits per heavy atom. The van der Waals surface area contributed by atoms with Crippen LogP contribution in [0.4, 0.5) is 0 Å². The Bertz CT molecular complexity index is 577. The average molecular weight is 312 g/mol. The Morgan fingerprint density at radius 1 is 0.913 bits per heavy atom. The van der Waals surface area contributed by atoms with Gasteiger partial charge >= 0.3 is 0 Å². The van der Waals surface area contributed by atoms with E-state index in [0.29, 0.717) is 6.04 Å². The summed E-state index contributed by atoms with van der Waals surface area (Å²) in [6.45, 7) is 4.31. The molecule has 1 atom stereocenters. The van der Waals surface area contributed by atoms with E-state index in [4.69, 9.17) is 0 Å². The van der Waals surface area contributed by atoms with Crippen LogP contribution in [0.5, 0.6) is 0 Å². The Morgan fingerprint density at radius 3 is 2.52 bits per heavy atom. The maximum atomic E-state index is 13.0. The van der Waals surface area contributed by atoms with Crippen LogP contribution < -0.4 is 0 Å². The SMILES string of the molecule is O=C(c1ccc2c(c1)CCCC2)N1CCCC(N2CCCC2)C1. The van der Waals surface area contributed by atoms with Crippen molar-refractivity contribution in [2.75, 3.05) is 26.2 Å². The van der Waals surface area contributed by atoms with Gasteiger partial charge in [0.05, 0.1) is 0 Å². The molecule has 1 aromatic rings. The van der Waals surface area contributed by atoms with Crippen molar-refractivity contribution in [1.82, 2.24) is 9.80 Å². The zero-order valence-electron chi connectivity index (χ0n) is 14.1. The van der Waals surface area contributed by atoms with Crippen LogP contribution in [0.15, 0.2) is 18.2 Å². The minimum Gasteiger partial charge on any atom is -0.337 e. The molecule has 2 heterocycles. The first-order valence-corrected chi connectivity index (χ1v) is 9.46. The van der Waals surface area contributed by atoms with Gasteiger partial charge in [-0.3, -0.25) is 9.69 Å². The first kappa shape index (κ1) is 15.2. The zero-order valence-corrected chi connectivity index (χ0v) is 14.1. The minimum absolute atomic E-state index is 0.252. The number of carbonyl (C=O) groups is 1. The highest BCUT2D eigenvalue weighted by molar-refractivity contribution is 5.94. The summed E-state index contributed by atoms with van der Waals surface area (Å²) in [4.78, 5) is 17.7. The molecule has 0 bridgehead atoms. The molecule has 4 rings (SSSR count). The molecule has 2 saturated heterocycles. The Balaban J connectivity index is 1.47. The fourth-order valence-electron chi connectivity index (χ4n) is 4.59.